The molecular formula is C16H22O5. The van der Waals surface area contributed by atoms with Crippen LogP contribution in [0.3, 0.4) is 0 Å². The Kier molecular flexibility index (Phi) is 6.59. The highest BCUT2D eigenvalue weighted by atomic mass is 16.5. The highest BCUT2D eigenvalue weighted by Crippen LogP contribution is 2.37. The quantitative estimate of drug-likeness (QED) is 0.618. The standard InChI is InChI=1S/C16H22O5/c1-11(2)7-8-21-15(17)6-5-12-9-13(19-3)16(18)14(10-12)20-4/h5-6,9-11,18H,7-8H2,1-4H3/b6-5+. The third kappa shape index (κ3) is 5.38. The Labute approximate surface area is 125 Å². The zero-order valence-electron chi connectivity index (χ0n) is 12.9. The van der Waals surface area contributed by atoms with Crippen molar-refractivity contribution in [3.05, 3.63) is 23.8 Å². The molecule has 0 atom stereocenters. The Hall–Kier alpha value is -2.17. The van der Waals surface area contributed by atoms with Gasteiger partial charge in [-0.2, -0.15) is 0 Å². The molecule has 0 aliphatic rings. The van der Waals surface area contributed by atoms with Crippen LogP contribution in [0.25, 0.3) is 6.08 Å². The van der Waals surface area contributed by atoms with Gasteiger partial charge in [-0.25, -0.2) is 4.79 Å². The fourth-order valence-electron chi connectivity index (χ4n) is 1.62. The van der Waals surface area contributed by atoms with Crippen molar-refractivity contribution in [2.45, 2.75) is 20.3 Å². The van der Waals surface area contributed by atoms with E-state index in [4.69, 9.17) is 14.2 Å². The van der Waals surface area contributed by atoms with Crippen LogP contribution in [-0.2, 0) is 9.53 Å². The lowest BCUT2D eigenvalue weighted by molar-refractivity contribution is -0.137. The zero-order valence-corrected chi connectivity index (χ0v) is 12.9. The number of aromatic hydroxyl groups is 1. The molecule has 1 aromatic rings. The van der Waals surface area contributed by atoms with Crippen molar-refractivity contribution in [1.82, 2.24) is 0 Å². The number of esters is 1. The molecule has 116 valence electrons. The second-order valence-corrected chi connectivity index (χ2v) is 4.96. The van der Waals surface area contributed by atoms with Crippen LogP contribution in [0.5, 0.6) is 17.2 Å². The molecule has 1 rings (SSSR count). The van der Waals surface area contributed by atoms with Gasteiger partial charge in [0.2, 0.25) is 5.75 Å². The van der Waals surface area contributed by atoms with Gasteiger partial charge in [-0.3, -0.25) is 0 Å². The van der Waals surface area contributed by atoms with Crippen molar-refractivity contribution in [2.75, 3.05) is 20.8 Å². The van der Waals surface area contributed by atoms with Crippen LogP contribution in [0.2, 0.25) is 0 Å². The van der Waals surface area contributed by atoms with Gasteiger partial charge < -0.3 is 19.3 Å². The van der Waals surface area contributed by atoms with Gasteiger partial charge in [-0.15, -0.1) is 0 Å². The summed E-state index contributed by atoms with van der Waals surface area (Å²) in [5.41, 5.74) is 0.669. The molecular weight excluding hydrogens is 272 g/mol. The van der Waals surface area contributed by atoms with E-state index in [-0.39, 0.29) is 17.2 Å². The number of phenolic OH excluding ortho intramolecular Hbond substituents is 1. The molecule has 0 heterocycles. The average molecular weight is 294 g/mol. The van der Waals surface area contributed by atoms with Crippen molar-refractivity contribution < 1.29 is 24.1 Å². The van der Waals surface area contributed by atoms with Gasteiger partial charge in [0.05, 0.1) is 20.8 Å². The van der Waals surface area contributed by atoms with E-state index < -0.39 is 5.97 Å². The van der Waals surface area contributed by atoms with Gasteiger partial charge in [-0.05, 0) is 36.1 Å². The first kappa shape index (κ1) is 16.9. The third-order valence-electron chi connectivity index (χ3n) is 2.85. The topological polar surface area (TPSA) is 65.0 Å². The Bertz CT molecular complexity index is 480. The first-order valence-corrected chi connectivity index (χ1v) is 6.77. The maximum atomic E-state index is 11.6. The van der Waals surface area contributed by atoms with Gasteiger partial charge in [0.1, 0.15) is 0 Å². The molecule has 0 fully saturated rings. The SMILES string of the molecule is COc1cc(/C=C/C(=O)OCCC(C)C)cc(OC)c1O. The Morgan fingerprint density at radius 2 is 1.81 bits per heavy atom. The summed E-state index contributed by atoms with van der Waals surface area (Å²) in [7, 11) is 2.89. The van der Waals surface area contributed by atoms with Crippen LogP contribution < -0.4 is 9.47 Å². The summed E-state index contributed by atoms with van der Waals surface area (Å²) in [6.45, 7) is 4.54. The molecule has 5 heteroatoms. The van der Waals surface area contributed by atoms with Crippen molar-refractivity contribution >= 4 is 12.0 Å². The molecule has 5 nitrogen and oxygen atoms in total. The zero-order chi connectivity index (χ0) is 15.8. The maximum absolute atomic E-state index is 11.6. The van der Waals surface area contributed by atoms with E-state index in [1.807, 2.05) is 0 Å². The minimum Gasteiger partial charge on any atom is -0.502 e. The first-order valence-electron chi connectivity index (χ1n) is 6.77. The van der Waals surface area contributed by atoms with Crippen molar-refractivity contribution in [3.8, 4) is 17.2 Å². The van der Waals surface area contributed by atoms with E-state index in [2.05, 4.69) is 13.8 Å². The van der Waals surface area contributed by atoms with Gasteiger partial charge >= 0.3 is 5.97 Å². The summed E-state index contributed by atoms with van der Waals surface area (Å²) in [5, 5.41) is 9.79. The lowest BCUT2D eigenvalue weighted by atomic mass is 10.1. The third-order valence-corrected chi connectivity index (χ3v) is 2.85. The van der Waals surface area contributed by atoms with Crippen LogP contribution in [0.15, 0.2) is 18.2 Å². The molecule has 0 unspecified atom stereocenters. The number of ether oxygens (including phenoxy) is 3. The fraction of sp³-hybridized carbons (Fsp3) is 0.438. The smallest absolute Gasteiger partial charge is 0.330 e. The van der Waals surface area contributed by atoms with Gasteiger partial charge in [0.25, 0.3) is 0 Å². The number of rotatable bonds is 7. The van der Waals surface area contributed by atoms with Crippen molar-refractivity contribution in [2.24, 2.45) is 5.92 Å². The molecule has 0 radical (unpaired) electrons. The molecule has 0 saturated carbocycles. The monoisotopic (exact) mass is 294 g/mol. The summed E-state index contributed by atoms with van der Waals surface area (Å²) in [5.74, 6) is 0.579. The number of hydrogen-bond acceptors (Lipinski definition) is 5. The average Bonchev–Trinajstić information content (AvgIpc) is 2.45. The van der Waals surface area contributed by atoms with E-state index >= 15 is 0 Å². The maximum Gasteiger partial charge on any atom is 0.330 e. The number of carbonyl (C=O) groups excluding carboxylic acids is 1. The van der Waals surface area contributed by atoms with Gasteiger partial charge in [0.15, 0.2) is 11.5 Å². The molecule has 0 bridgehead atoms. The molecule has 0 aliphatic heterocycles. The van der Waals surface area contributed by atoms with Gasteiger partial charge in [0, 0.05) is 6.08 Å². The predicted octanol–water partition coefficient (Wildman–Crippen LogP) is 3.01. The van der Waals surface area contributed by atoms with Gasteiger partial charge in [-0.1, -0.05) is 13.8 Å². The summed E-state index contributed by atoms with van der Waals surface area (Å²) in [4.78, 5) is 11.6. The minimum atomic E-state index is -0.401. The van der Waals surface area contributed by atoms with Crippen LogP contribution in [0, 0.1) is 5.92 Å². The summed E-state index contributed by atoms with van der Waals surface area (Å²) in [6.07, 6.45) is 3.76. The molecule has 21 heavy (non-hydrogen) atoms. The molecule has 0 aliphatic carbocycles. The molecule has 1 N–H and O–H groups in total. The molecule has 0 saturated heterocycles. The van der Waals surface area contributed by atoms with Crippen LogP contribution in [-0.4, -0.2) is 31.9 Å². The Balaban J connectivity index is 2.73. The predicted molar refractivity (Wildman–Crippen MR) is 80.7 cm³/mol. The van der Waals surface area contributed by atoms with E-state index in [0.717, 1.165) is 6.42 Å². The summed E-state index contributed by atoms with van der Waals surface area (Å²) in [6, 6.07) is 3.21. The lowest BCUT2D eigenvalue weighted by Gasteiger charge is -2.09. The highest BCUT2D eigenvalue weighted by Gasteiger charge is 2.10. The molecule has 0 spiro atoms. The fourth-order valence-corrected chi connectivity index (χ4v) is 1.62. The number of methoxy groups -OCH3 is 2. The first-order chi connectivity index (χ1) is 9.97. The summed E-state index contributed by atoms with van der Waals surface area (Å²) >= 11 is 0. The van der Waals surface area contributed by atoms with E-state index in [9.17, 15) is 9.90 Å². The lowest BCUT2D eigenvalue weighted by Crippen LogP contribution is -2.04. The van der Waals surface area contributed by atoms with Crippen LogP contribution >= 0.6 is 0 Å². The normalized spacial score (nSPS) is 10.9. The largest absolute Gasteiger partial charge is 0.502 e. The van der Waals surface area contributed by atoms with E-state index in [0.29, 0.717) is 18.1 Å². The van der Waals surface area contributed by atoms with E-state index in [1.165, 1.54) is 20.3 Å². The summed E-state index contributed by atoms with van der Waals surface area (Å²) < 4.78 is 15.2. The van der Waals surface area contributed by atoms with Crippen molar-refractivity contribution in [1.29, 1.82) is 0 Å². The van der Waals surface area contributed by atoms with E-state index in [1.54, 1.807) is 18.2 Å². The number of carbonyl (C=O) groups is 1. The minimum absolute atomic E-state index is 0.0725. The van der Waals surface area contributed by atoms with Crippen LogP contribution in [0.4, 0.5) is 0 Å². The highest BCUT2D eigenvalue weighted by molar-refractivity contribution is 5.87. The number of hydrogen-bond donors (Lipinski definition) is 1. The molecule has 0 amide bonds. The number of benzene rings is 1. The second kappa shape index (κ2) is 8.19. The molecule has 0 aromatic heterocycles. The Morgan fingerprint density at radius 1 is 1.24 bits per heavy atom. The van der Waals surface area contributed by atoms with Crippen molar-refractivity contribution in [3.63, 3.8) is 0 Å². The second-order valence-electron chi connectivity index (χ2n) is 4.96. The molecule has 1 aromatic carbocycles. The Morgan fingerprint density at radius 3 is 2.29 bits per heavy atom. The number of phenols is 1. The van der Waals surface area contributed by atoms with Crippen LogP contribution in [0.1, 0.15) is 25.8 Å².